The molecule has 28 heavy (non-hydrogen) atoms. The zero-order chi connectivity index (χ0) is 20.5. The van der Waals surface area contributed by atoms with Gasteiger partial charge in [0.25, 0.3) is 0 Å². The van der Waals surface area contributed by atoms with E-state index in [2.05, 4.69) is 27.7 Å². The second-order valence-electron chi connectivity index (χ2n) is 7.94. The Morgan fingerprint density at radius 1 is 0.679 bits per heavy atom. The van der Waals surface area contributed by atoms with Crippen molar-refractivity contribution in [3.63, 3.8) is 0 Å². The molecule has 0 radical (unpaired) electrons. The fourth-order valence-corrected chi connectivity index (χ4v) is 8.53. The monoisotopic (exact) mass is 436 g/mol. The Bertz CT molecular complexity index is 339. The second kappa shape index (κ2) is 17.4. The van der Waals surface area contributed by atoms with Gasteiger partial charge in [0.15, 0.2) is 0 Å². The van der Waals surface area contributed by atoms with Crippen LogP contribution in [0.5, 0.6) is 0 Å². The Morgan fingerprint density at radius 2 is 1.21 bits per heavy atom. The van der Waals surface area contributed by atoms with Crippen molar-refractivity contribution in [2.45, 2.75) is 97.1 Å². The molecule has 1 saturated heterocycles. The third-order valence-corrected chi connectivity index (χ3v) is 10.2. The molecule has 1 aliphatic heterocycles. The first-order valence-corrected chi connectivity index (χ1v) is 14.8. The van der Waals surface area contributed by atoms with Gasteiger partial charge in [0.05, 0.1) is 29.5 Å². The van der Waals surface area contributed by atoms with Crippen molar-refractivity contribution in [3.05, 3.63) is 0 Å². The topological polar surface area (TPSA) is 36.9 Å². The molecular weight excluding hydrogens is 390 g/mol. The van der Waals surface area contributed by atoms with Crippen LogP contribution in [0.3, 0.4) is 0 Å². The number of ether oxygens (including phenoxy) is 2. The molecule has 6 heteroatoms. The lowest BCUT2D eigenvalue weighted by molar-refractivity contribution is -0.0815. The summed E-state index contributed by atoms with van der Waals surface area (Å²) in [6, 6.07) is 0. The molecule has 0 aliphatic carbocycles. The molecule has 1 rings (SSSR count). The van der Waals surface area contributed by atoms with Crippen LogP contribution in [0.2, 0.25) is 0 Å². The van der Waals surface area contributed by atoms with E-state index in [0.29, 0.717) is 13.2 Å². The quantitative estimate of drug-likeness (QED) is 0.151. The van der Waals surface area contributed by atoms with Gasteiger partial charge in [-0.05, 0) is 57.0 Å². The molecular formula is C22H46O4P2. The van der Waals surface area contributed by atoms with Crippen LogP contribution < -0.4 is 0 Å². The summed E-state index contributed by atoms with van der Waals surface area (Å²) in [4.78, 5) is 0. The van der Waals surface area contributed by atoms with Crippen molar-refractivity contribution in [1.82, 2.24) is 0 Å². The van der Waals surface area contributed by atoms with Crippen LogP contribution in [0.15, 0.2) is 0 Å². The van der Waals surface area contributed by atoms with Crippen molar-refractivity contribution in [2.75, 3.05) is 44.9 Å². The van der Waals surface area contributed by atoms with Gasteiger partial charge in [0.2, 0.25) is 0 Å². The molecule has 1 aliphatic rings. The molecule has 168 valence electrons. The highest BCUT2D eigenvalue weighted by Gasteiger charge is 2.40. The number of hydrogen-bond acceptors (Lipinski definition) is 4. The third kappa shape index (κ3) is 10.6. The predicted octanol–water partition coefficient (Wildman–Crippen LogP) is 7.49. The summed E-state index contributed by atoms with van der Waals surface area (Å²) in [6.07, 6.45) is 15.4. The lowest BCUT2D eigenvalue weighted by Gasteiger charge is -2.40. The predicted molar refractivity (Wildman–Crippen MR) is 124 cm³/mol. The van der Waals surface area contributed by atoms with Gasteiger partial charge in [-0.3, -0.25) is 0 Å². The normalized spacial score (nSPS) is 19.2. The van der Waals surface area contributed by atoms with Gasteiger partial charge < -0.3 is 9.47 Å². The van der Waals surface area contributed by atoms with Gasteiger partial charge in [-0.15, -0.1) is 0 Å². The molecule has 0 aromatic carbocycles. The smallest absolute Gasteiger partial charge is 0.0776 e. The second-order valence-corrected chi connectivity index (χ2v) is 12.2. The van der Waals surface area contributed by atoms with Crippen molar-refractivity contribution in [2.24, 2.45) is 0 Å². The summed E-state index contributed by atoms with van der Waals surface area (Å²) in [5.41, 5.74) is 0. The molecule has 0 N–H and O–H groups in total. The summed E-state index contributed by atoms with van der Waals surface area (Å²) in [5.74, 6) is 0. The molecule has 4 nitrogen and oxygen atoms in total. The summed E-state index contributed by atoms with van der Waals surface area (Å²) in [5, 5.41) is 0.167. The maximum Gasteiger partial charge on any atom is 0.0776 e. The van der Waals surface area contributed by atoms with Crippen LogP contribution in [0.1, 0.15) is 91.9 Å². The summed E-state index contributed by atoms with van der Waals surface area (Å²) < 4.78 is 24.3. The van der Waals surface area contributed by atoms with E-state index in [0.717, 1.165) is 32.2 Å². The molecule has 0 bridgehead atoms. The van der Waals surface area contributed by atoms with E-state index in [1.54, 1.807) is 0 Å². The summed E-state index contributed by atoms with van der Waals surface area (Å²) in [6.45, 7) is 12.1. The molecule has 0 aromatic heterocycles. The first-order valence-electron chi connectivity index (χ1n) is 11.7. The van der Waals surface area contributed by atoms with Gasteiger partial charge in [-0.1, -0.05) is 53.4 Å². The minimum absolute atomic E-state index is 0.167. The van der Waals surface area contributed by atoms with Crippen LogP contribution in [-0.2, 0) is 18.8 Å². The van der Waals surface area contributed by atoms with E-state index in [-0.39, 0.29) is 5.16 Å². The van der Waals surface area contributed by atoms with Crippen LogP contribution in [-0.4, -0.2) is 50.1 Å². The van der Waals surface area contributed by atoms with Crippen LogP contribution >= 0.6 is 16.3 Å². The Balaban J connectivity index is 2.85. The maximum absolute atomic E-state index is 6.42. The Kier molecular flexibility index (Phi) is 16.6. The van der Waals surface area contributed by atoms with E-state index in [9.17, 15) is 0 Å². The Labute approximate surface area is 177 Å². The fourth-order valence-electron chi connectivity index (χ4n) is 3.66. The molecule has 0 saturated carbocycles. The SMILES string of the molecule is CCCCP(CCCC)OOP(CCCC)C1(CCC)CCOCCOCC1. The Morgan fingerprint density at radius 3 is 1.71 bits per heavy atom. The molecule has 1 fully saturated rings. The number of hydrogen-bond donors (Lipinski definition) is 0. The lowest BCUT2D eigenvalue weighted by atomic mass is 9.95. The number of rotatable bonds is 15. The Hall–Kier alpha value is 0.700. The van der Waals surface area contributed by atoms with Gasteiger partial charge in [0, 0.05) is 18.4 Å². The average Bonchev–Trinajstić information content (AvgIpc) is 2.82. The maximum atomic E-state index is 6.42. The van der Waals surface area contributed by atoms with Gasteiger partial charge in [-0.2, -0.15) is 0 Å². The van der Waals surface area contributed by atoms with Gasteiger partial charge in [0.1, 0.15) is 0 Å². The standard InChI is InChI=1S/C22H46O4P2/c1-5-9-19-27(20-10-6-2)25-26-28(21-11-7-3)22(12-8-4)13-15-23-17-18-24-16-14-22/h5-21H2,1-4H3. The van der Waals surface area contributed by atoms with Crippen molar-refractivity contribution in [3.8, 4) is 0 Å². The van der Waals surface area contributed by atoms with Crippen molar-refractivity contribution < 1.29 is 18.8 Å². The molecule has 0 aromatic rings. The molecule has 1 heterocycles. The largest absolute Gasteiger partial charge is 0.379 e. The number of unbranched alkanes of at least 4 members (excludes halogenated alkanes) is 3. The highest BCUT2D eigenvalue weighted by atomic mass is 31.2. The highest BCUT2D eigenvalue weighted by Crippen LogP contribution is 2.60. The van der Waals surface area contributed by atoms with E-state index in [1.807, 2.05) is 0 Å². The van der Waals surface area contributed by atoms with E-state index in [4.69, 9.17) is 18.8 Å². The first kappa shape index (κ1) is 26.7. The minimum atomic E-state index is -0.644. The molecule has 0 spiro atoms. The summed E-state index contributed by atoms with van der Waals surface area (Å²) >= 11 is 0. The van der Waals surface area contributed by atoms with Crippen LogP contribution in [0, 0.1) is 0 Å². The van der Waals surface area contributed by atoms with Crippen LogP contribution in [0.4, 0.5) is 0 Å². The molecule has 1 unspecified atom stereocenters. The van der Waals surface area contributed by atoms with E-state index in [1.165, 1.54) is 63.7 Å². The zero-order valence-electron chi connectivity index (χ0n) is 19.0. The van der Waals surface area contributed by atoms with Gasteiger partial charge in [-0.25, -0.2) is 9.35 Å². The van der Waals surface area contributed by atoms with Crippen molar-refractivity contribution >= 4 is 16.3 Å². The van der Waals surface area contributed by atoms with E-state index >= 15 is 0 Å². The molecule has 0 amide bonds. The van der Waals surface area contributed by atoms with Crippen LogP contribution in [0.25, 0.3) is 0 Å². The van der Waals surface area contributed by atoms with E-state index < -0.39 is 16.3 Å². The van der Waals surface area contributed by atoms with Crippen molar-refractivity contribution in [1.29, 1.82) is 0 Å². The first-order chi connectivity index (χ1) is 13.7. The average molecular weight is 437 g/mol. The highest BCUT2D eigenvalue weighted by molar-refractivity contribution is 7.55. The minimum Gasteiger partial charge on any atom is -0.379 e. The third-order valence-electron chi connectivity index (χ3n) is 5.51. The lowest BCUT2D eigenvalue weighted by Crippen LogP contribution is -2.31. The summed E-state index contributed by atoms with van der Waals surface area (Å²) in [7, 11) is -1.10. The zero-order valence-corrected chi connectivity index (χ0v) is 20.8. The molecule has 1 atom stereocenters. The van der Waals surface area contributed by atoms with Gasteiger partial charge >= 0.3 is 0 Å². The fraction of sp³-hybridized carbons (Fsp3) is 1.00.